The molecule has 1 fully saturated rings. The number of likely N-dealkylation sites (tertiary alicyclic amines) is 1. The van der Waals surface area contributed by atoms with Crippen LogP contribution in [0, 0.1) is 0 Å². The first kappa shape index (κ1) is 17.4. The predicted octanol–water partition coefficient (Wildman–Crippen LogP) is 0.911. The van der Waals surface area contributed by atoms with Crippen molar-refractivity contribution in [1.82, 2.24) is 10.2 Å². The summed E-state index contributed by atoms with van der Waals surface area (Å²) in [7, 11) is 0. The summed E-state index contributed by atoms with van der Waals surface area (Å²) in [5.41, 5.74) is 1.28. The van der Waals surface area contributed by atoms with Gasteiger partial charge in [0.1, 0.15) is 6.54 Å². The molecule has 6 nitrogen and oxygen atoms in total. The van der Waals surface area contributed by atoms with Crippen molar-refractivity contribution in [2.45, 2.75) is 25.4 Å². The average Bonchev–Trinajstić information content (AvgIpc) is 2.56. The molecule has 1 heterocycles. The standard InChI is InChI=1S/C17H24N2O4/c20-16(18-12-17(21)22)13-19-9-6-15(7-10-19)23-11-8-14-4-2-1-3-5-14/h1-5,15H,6-13H2,(H,18,20)(H,21,22). The van der Waals surface area contributed by atoms with Crippen molar-refractivity contribution in [3.8, 4) is 0 Å². The Hall–Kier alpha value is -1.92. The van der Waals surface area contributed by atoms with E-state index in [4.69, 9.17) is 9.84 Å². The minimum Gasteiger partial charge on any atom is -0.480 e. The van der Waals surface area contributed by atoms with Crippen LogP contribution in [0.1, 0.15) is 18.4 Å². The first-order chi connectivity index (χ1) is 11.1. The van der Waals surface area contributed by atoms with Crippen LogP contribution in [0.25, 0.3) is 0 Å². The lowest BCUT2D eigenvalue weighted by molar-refractivity contribution is -0.138. The Labute approximate surface area is 136 Å². The average molecular weight is 320 g/mol. The van der Waals surface area contributed by atoms with E-state index in [1.165, 1.54) is 5.56 Å². The smallest absolute Gasteiger partial charge is 0.322 e. The largest absolute Gasteiger partial charge is 0.480 e. The van der Waals surface area contributed by atoms with Crippen molar-refractivity contribution in [2.75, 3.05) is 32.8 Å². The zero-order chi connectivity index (χ0) is 16.5. The Morgan fingerprint density at radius 1 is 1.22 bits per heavy atom. The predicted molar refractivity (Wildman–Crippen MR) is 86.2 cm³/mol. The minimum atomic E-state index is -1.02. The van der Waals surface area contributed by atoms with Crippen molar-refractivity contribution in [3.63, 3.8) is 0 Å². The zero-order valence-corrected chi connectivity index (χ0v) is 13.2. The molecule has 0 aliphatic carbocycles. The third-order valence-corrected chi connectivity index (χ3v) is 3.93. The molecular formula is C17H24N2O4. The van der Waals surface area contributed by atoms with Gasteiger partial charge in [-0.2, -0.15) is 0 Å². The highest BCUT2D eigenvalue weighted by Crippen LogP contribution is 2.14. The molecule has 1 aromatic carbocycles. The molecule has 0 unspecified atom stereocenters. The molecular weight excluding hydrogens is 296 g/mol. The highest BCUT2D eigenvalue weighted by atomic mass is 16.5. The number of carbonyl (C=O) groups excluding carboxylic acids is 1. The van der Waals surface area contributed by atoms with Gasteiger partial charge in [-0.25, -0.2) is 0 Å². The van der Waals surface area contributed by atoms with Crippen molar-refractivity contribution in [1.29, 1.82) is 0 Å². The van der Waals surface area contributed by atoms with Crippen LogP contribution in [-0.4, -0.2) is 60.8 Å². The molecule has 1 saturated heterocycles. The van der Waals surface area contributed by atoms with Gasteiger partial charge in [-0.05, 0) is 24.8 Å². The van der Waals surface area contributed by atoms with Gasteiger partial charge in [-0.1, -0.05) is 30.3 Å². The number of rotatable bonds is 8. The maximum Gasteiger partial charge on any atom is 0.322 e. The molecule has 126 valence electrons. The van der Waals surface area contributed by atoms with Gasteiger partial charge in [0.2, 0.25) is 5.91 Å². The summed E-state index contributed by atoms with van der Waals surface area (Å²) in [4.78, 5) is 24.0. The number of carboxylic acids is 1. The monoisotopic (exact) mass is 320 g/mol. The van der Waals surface area contributed by atoms with E-state index in [9.17, 15) is 9.59 Å². The van der Waals surface area contributed by atoms with Crippen LogP contribution in [0.2, 0.25) is 0 Å². The van der Waals surface area contributed by atoms with E-state index in [-0.39, 0.29) is 25.1 Å². The van der Waals surface area contributed by atoms with Crippen LogP contribution in [0.5, 0.6) is 0 Å². The number of ether oxygens (including phenoxy) is 1. The van der Waals surface area contributed by atoms with Gasteiger partial charge in [-0.15, -0.1) is 0 Å². The maximum atomic E-state index is 11.6. The Kier molecular flexibility index (Phi) is 7.03. The fraction of sp³-hybridized carbons (Fsp3) is 0.529. The second kappa shape index (κ2) is 9.27. The fourth-order valence-corrected chi connectivity index (χ4v) is 2.66. The van der Waals surface area contributed by atoms with E-state index in [1.54, 1.807) is 0 Å². The van der Waals surface area contributed by atoms with E-state index in [2.05, 4.69) is 17.4 Å². The number of aliphatic carboxylic acids is 1. The summed E-state index contributed by atoms with van der Waals surface area (Å²) in [6, 6.07) is 10.3. The number of hydrogen-bond acceptors (Lipinski definition) is 4. The molecule has 23 heavy (non-hydrogen) atoms. The van der Waals surface area contributed by atoms with E-state index >= 15 is 0 Å². The van der Waals surface area contributed by atoms with E-state index in [0.717, 1.165) is 32.4 Å². The van der Waals surface area contributed by atoms with Gasteiger partial charge in [0.15, 0.2) is 0 Å². The summed E-state index contributed by atoms with van der Waals surface area (Å²) in [5, 5.41) is 10.9. The Bertz CT molecular complexity index is 499. The number of piperidine rings is 1. The van der Waals surface area contributed by atoms with Gasteiger partial charge in [-0.3, -0.25) is 14.5 Å². The molecule has 0 atom stereocenters. The number of nitrogens with zero attached hydrogens (tertiary/aromatic N) is 1. The number of carbonyl (C=O) groups is 2. The minimum absolute atomic E-state index is 0.240. The summed E-state index contributed by atoms with van der Waals surface area (Å²) in [6.45, 7) is 2.25. The molecule has 2 rings (SSSR count). The third-order valence-electron chi connectivity index (χ3n) is 3.93. The van der Waals surface area contributed by atoms with Crippen LogP contribution < -0.4 is 5.32 Å². The number of nitrogens with one attached hydrogen (secondary N) is 1. The molecule has 1 aliphatic rings. The van der Waals surface area contributed by atoms with E-state index in [1.807, 2.05) is 23.1 Å². The van der Waals surface area contributed by atoms with E-state index < -0.39 is 5.97 Å². The van der Waals surface area contributed by atoms with Crippen molar-refractivity contribution < 1.29 is 19.4 Å². The third kappa shape index (κ3) is 6.80. The zero-order valence-electron chi connectivity index (χ0n) is 13.2. The van der Waals surface area contributed by atoms with Crippen molar-refractivity contribution >= 4 is 11.9 Å². The topological polar surface area (TPSA) is 78.9 Å². The van der Waals surface area contributed by atoms with Gasteiger partial charge < -0.3 is 15.2 Å². The first-order valence-electron chi connectivity index (χ1n) is 8.00. The molecule has 1 aromatic rings. The van der Waals surface area contributed by atoms with Gasteiger partial charge in [0.25, 0.3) is 0 Å². The molecule has 1 amide bonds. The maximum absolute atomic E-state index is 11.6. The molecule has 0 radical (unpaired) electrons. The van der Waals surface area contributed by atoms with Crippen LogP contribution in [0.4, 0.5) is 0 Å². The number of carboxylic acid groups (broad SMARTS) is 1. The quantitative estimate of drug-likeness (QED) is 0.744. The lowest BCUT2D eigenvalue weighted by atomic mass is 10.1. The molecule has 0 aromatic heterocycles. The van der Waals surface area contributed by atoms with E-state index in [0.29, 0.717) is 6.61 Å². The van der Waals surface area contributed by atoms with Gasteiger partial charge in [0.05, 0.1) is 19.3 Å². The SMILES string of the molecule is O=C(O)CNC(=O)CN1CCC(OCCc2ccccc2)CC1. The summed E-state index contributed by atoms with van der Waals surface area (Å²) >= 11 is 0. The van der Waals surface area contributed by atoms with Crippen LogP contribution in [0.3, 0.4) is 0 Å². The molecule has 0 saturated carbocycles. The number of hydrogen-bond donors (Lipinski definition) is 2. The summed E-state index contributed by atoms with van der Waals surface area (Å²) in [6.07, 6.45) is 2.97. The highest BCUT2D eigenvalue weighted by Gasteiger charge is 2.21. The molecule has 6 heteroatoms. The Balaban J connectivity index is 1.58. The van der Waals surface area contributed by atoms with Crippen LogP contribution in [0.15, 0.2) is 30.3 Å². The molecule has 2 N–H and O–H groups in total. The first-order valence-corrected chi connectivity index (χ1v) is 8.00. The second-order valence-corrected chi connectivity index (χ2v) is 5.75. The lowest BCUT2D eigenvalue weighted by Crippen LogP contribution is -2.44. The molecule has 0 spiro atoms. The summed E-state index contributed by atoms with van der Waals surface area (Å²) < 4.78 is 5.91. The van der Waals surface area contributed by atoms with Crippen molar-refractivity contribution in [3.05, 3.63) is 35.9 Å². The Morgan fingerprint density at radius 2 is 1.91 bits per heavy atom. The van der Waals surface area contributed by atoms with Gasteiger partial charge >= 0.3 is 5.97 Å². The van der Waals surface area contributed by atoms with Crippen molar-refractivity contribution in [2.24, 2.45) is 0 Å². The van der Waals surface area contributed by atoms with Gasteiger partial charge in [0, 0.05) is 13.1 Å². The molecule has 1 aliphatic heterocycles. The molecule has 0 bridgehead atoms. The summed E-state index contributed by atoms with van der Waals surface area (Å²) in [5.74, 6) is -1.26. The van der Waals surface area contributed by atoms with Crippen LogP contribution >= 0.6 is 0 Å². The fourth-order valence-electron chi connectivity index (χ4n) is 2.66. The number of benzene rings is 1. The second-order valence-electron chi connectivity index (χ2n) is 5.75. The Morgan fingerprint density at radius 3 is 2.57 bits per heavy atom. The normalized spacial score (nSPS) is 16.2. The lowest BCUT2D eigenvalue weighted by Gasteiger charge is -2.31. The highest BCUT2D eigenvalue weighted by molar-refractivity contribution is 5.82. The van der Waals surface area contributed by atoms with Crippen LogP contribution in [-0.2, 0) is 20.7 Å². The number of amides is 1.